The Kier molecular flexibility index (Phi) is 10.6. The molecule has 4 atom stereocenters. The molecule has 250 valence electrons. The molecule has 1 aliphatic carbocycles. The lowest BCUT2D eigenvalue weighted by Crippen LogP contribution is -2.48. The second-order valence-corrected chi connectivity index (χ2v) is 12.2. The molecular weight excluding hydrogens is 644 g/mol. The highest BCUT2D eigenvalue weighted by molar-refractivity contribution is 6.31. The third-order valence-electron chi connectivity index (χ3n) is 7.76. The molecule has 0 spiro atoms. The highest BCUT2D eigenvalue weighted by atomic mass is 35.5. The molecule has 0 aliphatic heterocycles. The van der Waals surface area contributed by atoms with Crippen LogP contribution in [0.15, 0.2) is 89.1 Å². The van der Waals surface area contributed by atoms with Crippen molar-refractivity contribution >= 4 is 40.0 Å². The summed E-state index contributed by atoms with van der Waals surface area (Å²) in [6.07, 6.45) is -1.94. The Morgan fingerprint density at radius 1 is 1.11 bits per heavy atom. The van der Waals surface area contributed by atoms with Crippen LogP contribution in [0, 0.1) is 0 Å². The van der Waals surface area contributed by atoms with E-state index in [0.29, 0.717) is 22.9 Å². The zero-order valence-corrected chi connectivity index (χ0v) is 26.7. The number of alkyl halides is 2. The van der Waals surface area contributed by atoms with Crippen LogP contribution < -0.4 is 10.9 Å². The van der Waals surface area contributed by atoms with Crippen LogP contribution in [0.3, 0.4) is 0 Å². The number of allylic oxidation sites excluding steroid dienone is 4. The predicted octanol–water partition coefficient (Wildman–Crippen LogP) is 6.66. The van der Waals surface area contributed by atoms with E-state index in [1.54, 1.807) is 69.3 Å². The molecule has 13 heteroatoms. The smallest absolute Gasteiger partial charge is 0.309 e. The normalized spacial score (nSPS) is 19.5. The number of nitrogens with zero attached hydrogens (tertiary/aromatic N) is 1. The maximum Gasteiger partial charge on any atom is 0.309 e. The molecule has 0 saturated carbocycles. The van der Waals surface area contributed by atoms with Gasteiger partial charge in [0.25, 0.3) is 5.56 Å². The quantitative estimate of drug-likeness (QED) is 0.170. The van der Waals surface area contributed by atoms with Crippen molar-refractivity contribution in [3.05, 3.63) is 105 Å². The molecule has 47 heavy (non-hydrogen) atoms. The van der Waals surface area contributed by atoms with E-state index in [0.717, 1.165) is 4.57 Å². The summed E-state index contributed by atoms with van der Waals surface area (Å²) in [7, 11) is 0. The second kappa shape index (κ2) is 14.1. The van der Waals surface area contributed by atoms with Crippen molar-refractivity contribution in [1.29, 1.82) is 0 Å². The van der Waals surface area contributed by atoms with E-state index in [1.807, 2.05) is 0 Å². The van der Waals surface area contributed by atoms with Gasteiger partial charge in [0.15, 0.2) is 35.0 Å². The van der Waals surface area contributed by atoms with Gasteiger partial charge in [-0.25, -0.2) is 13.2 Å². The van der Waals surface area contributed by atoms with Crippen molar-refractivity contribution < 1.29 is 41.4 Å². The molecule has 1 aliphatic rings. The minimum absolute atomic E-state index is 0.0725. The standard InChI is InChI=1S/C34H33ClF4N2O6/c1-5-25(41-14-13-19-11-12-21(35)15-22(19)32(41)45)31(44)40-24(16-27(43)47-33(2,3)20-9-7-6-8-10-20)26(42)18-46-29-28(37)23(36)17-34(4,39)30(29)38/h6-15,17,24-25,30H,5,16,18H2,1-4H3,(H,40,44). The highest BCUT2D eigenvalue weighted by Gasteiger charge is 2.44. The molecule has 1 N–H and O–H groups in total. The number of pyridine rings is 1. The summed E-state index contributed by atoms with van der Waals surface area (Å²) in [6, 6.07) is 12.1. The Morgan fingerprint density at radius 3 is 2.45 bits per heavy atom. The number of carbonyl (C=O) groups excluding carboxylic acids is 3. The molecule has 0 radical (unpaired) electrons. The predicted molar refractivity (Wildman–Crippen MR) is 167 cm³/mol. The molecule has 1 heterocycles. The first-order chi connectivity index (χ1) is 22.1. The first kappa shape index (κ1) is 35.4. The highest BCUT2D eigenvalue weighted by Crippen LogP contribution is 2.38. The summed E-state index contributed by atoms with van der Waals surface area (Å²) in [5, 5.41) is 3.54. The lowest BCUT2D eigenvalue weighted by Gasteiger charge is -2.29. The number of Topliss-reactive ketones (excluding diaryl/α,β-unsaturated/α-hetero) is 1. The van der Waals surface area contributed by atoms with Crippen LogP contribution in [0.2, 0.25) is 5.02 Å². The molecule has 3 aromatic rings. The molecule has 1 aromatic heterocycles. The summed E-state index contributed by atoms with van der Waals surface area (Å²) in [6.45, 7) is 4.33. The number of amides is 1. The molecule has 0 saturated heterocycles. The fraction of sp³-hybridized carbons (Fsp3) is 0.353. The van der Waals surface area contributed by atoms with Crippen molar-refractivity contribution in [2.45, 2.75) is 70.1 Å². The van der Waals surface area contributed by atoms with E-state index in [2.05, 4.69) is 5.32 Å². The Balaban J connectivity index is 1.60. The van der Waals surface area contributed by atoms with Gasteiger partial charge in [-0.2, -0.15) is 4.39 Å². The van der Waals surface area contributed by atoms with Crippen LogP contribution in [0.1, 0.15) is 52.1 Å². The van der Waals surface area contributed by atoms with Crippen LogP contribution in [-0.4, -0.2) is 46.7 Å². The SMILES string of the molecule is CCC(C(=O)NC(CC(=O)OC(C)(C)c1ccccc1)C(=O)COC1=C(F)C(F)=CC(C)(F)C1F)n1ccc2ccc(Cl)cc2c1=O. The Hall–Kier alpha value is -4.45. The Bertz CT molecular complexity index is 1810. The van der Waals surface area contributed by atoms with Gasteiger partial charge in [0, 0.05) is 16.6 Å². The largest absolute Gasteiger partial charge is 0.484 e. The van der Waals surface area contributed by atoms with Gasteiger partial charge in [0.2, 0.25) is 5.91 Å². The van der Waals surface area contributed by atoms with Gasteiger partial charge in [-0.15, -0.1) is 0 Å². The zero-order chi connectivity index (χ0) is 34.7. The summed E-state index contributed by atoms with van der Waals surface area (Å²) < 4.78 is 69.2. The number of ketones is 1. The van der Waals surface area contributed by atoms with Gasteiger partial charge >= 0.3 is 5.97 Å². The number of esters is 1. The van der Waals surface area contributed by atoms with Crippen LogP contribution >= 0.6 is 11.6 Å². The van der Waals surface area contributed by atoms with E-state index in [9.17, 15) is 36.7 Å². The molecule has 0 fully saturated rings. The number of halogens is 5. The van der Waals surface area contributed by atoms with Crippen molar-refractivity contribution in [3.63, 3.8) is 0 Å². The number of aromatic nitrogens is 1. The lowest BCUT2D eigenvalue weighted by atomic mass is 9.95. The third kappa shape index (κ3) is 7.93. The van der Waals surface area contributed by atoms with Crippen LogP contribution in [0.25, 0.3) is 10.8 Å². The van der Waals surface area contributed by atoms with Gasteiger partial charge in [0.05, 0.1) is 6.42 Å². The number of carbonyl (C=O) groups is 3. The van der Waals surface area contributed by atoms with Crippen LogP contribution in [0.5, 0.6) is 0 Å². The van der Waals surface area contributed by atoms with Crippen molar-refractivity contribution in [1.82, 2.24) is 9.88 Å². The first-order valence-corrected chi connectivity index (χ1v) is 15.1. The average Bonchev–Trinajstić information content (AvgIpc) is 3.01. The van der Waals surface area contributed by atoms with E-state index >= 15 is 0 Å². The molecule has 8 nitrogen and oxygen atoms in total. The fourth-order valence-corrected chi connectivity index (χ4v) is 5.31. The molecule has 2 aromatic carbocycles. The van der Waals surface area contributed by atoms with E-state index in [4.69, 9.17) is 21.1 Å². The number of benzene rings is 2. The van der Waals surface area contributed by atoms with Crippen LogP contribution in [-0.2, 0) is 29.5 Å². The first-order valence-electron chi connectivity index (χ1n) is 14.7. The van der Waals surface area contributed by atoms with Crippen LogP contribution in [0.4, 0.5) is 17.6 Å². The zero-order valence-electron chi connectivity index (χ0n) is 26.0. The molecular formula is C34H33ClF4N2O6. The summed E-state index contributed by atoms with van der Waals surface area (Å²) in [5.74, 6) is -7.76. The minimum atomic E-state index is -2.97. The van der Waals surface area contributed by atoms with Gasteiger partial charge in [-0.3, -0.25) is 19.2 Å². The Morgan fingerprint density at radius 2 is 1.79 bits per heavy atom. The second-order valence-electron chi connectivity index (χ2n) is 11.7. The monoisotopic (exact) mass is 676 g/mol. The summed E-state index contributed by atoms with van der Waals surface area (Å²) in [4.78, 5) is 53.4. The number of hydrogen-bond acceptors (Lipinski definition) is 6. The maximum atomic E-state index is 14.7. The molecule has 4 rings (SSSR count). The minimum Gasteiger partial charge on any atom is -0.484 e. The number of nitrogens with one attached hydrogen (secondary N) is 1. The number of rotatable bonds is 12. The van der Waals surface area contributed by atoms with E-state index in [1.165, 1.54) is 12.3 Å². The fourth-order valence-electron chi connectivity index (χ4n) is 5.14. The summed E-state index contributed by atoms with van der Waals surface area (Å²) in [5.41, 5.74) is -4.04. The van der Waals surface area contributed by atoms with Crippen molar-refractivity contribution in [2.24, 2.45) is 0 Å². The van der Waals surface area contributed by atoms with Crippen molar-refractivity contribution in [3.8, 4) is 0 Å². The number of ether oxygens (including phenoxy) is 2. The number of hydrogen-bond donors (Lipinski definition) is 1. The van der Waals surface area contributed by atoms with Gasteiger partial charge in [0.1, 0.15) is 24.3 Å². The number of fused-ring (bicyclic) bond motifs is 1. The van der Waals surface area contributed by atoms with Gasteiger partial charge < -0.3 is 19.4 Å². The Labute approximate surface area is 273 Å². The van der Waals surface area contributed by atoms with Crippen molar-refractivity contribution in [2.75, 3.05) is 6.61 Å². The van der Waals surface area contributed by atoms with Gasteiger partial charge in [-0.1, -0.05) is 54.9 Å². The molecule has 1 amide bonds. The lowest BCUT2D eigenvalue weighted by molar-refractivity contribution is -0.159. The average molecular weight is 677 g/mol. The third-order valence-corrected chi connectivity index (χ3v) is 8.00. The van der Waals surface area contributed by atoms with E-state index in [-0.39, 0.29) is 17.9 Å². The maximum absolute atomic E-state index is 14.7. The summed E-state index contributed by atoms with van der Waals surface area (Å²) >= 11 is 6.07. The topological polar surface area (TPSA) is 104 Å². The molecule has 4 unspecified atom stereocenters. The molecule has 0 bridgehead atoms. The van der Waals surface area contributed by atoms with Gasteiger partial charge in [-0.05, 0) is 62.4 Å². The van der Waals surface area contributed by atoms with E-state index < -0.39 is 83.2 Å².